The van der Waals surface area contributed by atoms with Crippen molar-refractivity contribution < 1.29 is 33.1 Å². The fourth-order valence-corrected chi connectivity index (χ4v) is 6.18. The first-order valence-corrected chi connectivity index (χ1v) is 10.8. The van der Waals surface area contributed by atoms with Crippen molar-refractivity contribution in [1.29, 1.82) is 0 Å². The number of carbonyl (C=O) groups is 1. The first-order valence-electron chi connectivity index (χ1n) is 9.27. The molecule has 28 heavy (non-hydrogen) atoms. The van der Waals surface area contributed by atoms with E-state index in [9.17, 15) is 13.2 Å². The summed E-state index contributed by atoms with van der Waals surface area (Å²) < 4.78 is 38.3. The molecule has 2 fully saturated rings. The molecule has 1 aromatic carbocycles. The van der Waals surface area contributed by atoms with Gasteiger partial charge in [-0.25, -0.2) is 12.7 Å². The summed E-state index contributed by atoms with van der Waals surface area (Å²) in [6.07, 6.45) is 1.43. The maximum absolute atomic E-state index is 13.2. The molecule has 2 heterocycles. The Labute approximate surface area is 164 Å². The molecule has 2 aliphatic heterocycles. The van der Waals surface area contributed by atoms with Gasteiger partial charge < -0.3 is 9.47 Å². The highest BCUT2D eigenvalue weighted by Crippen LogP contribution is 2.36. The van der Waals surface area contributed by atoms with E-state index in [0.29, 0.717) is 25.9 Å². The van der Waals surface area contributed by atoms with E-state index in [1.807, 2.05) is 24.3 Å². The highest BCUT2D eigenvalue weighted by Gasteiger charge is 2.45. The molecule has 0 aromatic heterocycles. The zero-order valence-corrected chi connectivity index (χ0v) is 16.5. The highest BCUT2D eigenvalue weighted by molar-refractivity contribution is 7.89. The van der Waals surface area contributed by atoms with Gasteiger partial charge in [-0.1, -0.05) is 23.4 Å². The van der Waals surface area contributed by atoms with Crippen LogP contribution in [-0.2, 0) is 19.6 Å². The van der Waals surface area contributed by atoms with Gasteiger partial charge in [-0.2, -0.15) is 0 Å². The van der Waals surface area contributed by atoms with E-state index in [-0.39, 0.29) is 25.6 Å². The lowest BCUT2D eigenvalue weighted by molar-refractivity contribution is -0.289. The van der Waals surface area contributed by atoms with E-state index < -0.39 is 32.3 Å². The van der Waals surface area contributed by atoms with Crippen molar-refractivity contribution in [2.75, 3.05) is 33.4 Å². The van der Waals surface area contributed by atoms with Gasteiger partial charge in [0.1, 0.15) is 5.75 Å². The van der Waals surface area contributed by atoms with Crippen LogP contribution in [0.1, 0.15) is 30.7 Å². The molecular weight excluding hydrogens is 388 g/mol. The van der Waals surface area contributed by atoms with Crippen molar-refractivity contribution in [3.05, 3.63) is 29.8 Å². The van der Waals surface area contributed by atoms with Crippen LogP contribution in [0.4, 0.5) is 0 Å². The minimum Gasteiger partial charge on any atom is -0.496 e. The molecule has 0 radical (unpaired) electrons. The molecule has 3 rings (SSSR count). The van der Waals surface area contributed by atoms with Gasteiger partial charge in [0.2, 0.25) is 10.0 Å². The van der Waals surface area contributed by atoms with Crippen LogP contribution >= 0.6 is 0 Å². The summed E-state index contributed by atoms with van der Waals surface area (Å²) >= 11 is 0. The number of sulfonamides is 1. The highest BCUT2D eigenvalue weighted by atomic mass is 32.2. The molecule has 9 nitrogen and oxygen atoms in total. The molecule has 2 unspecified atom stereocenters. The number of rotatable bonds is 5. The molecule has 0 saturated carbocycles. The number of hydrogen-bond donors (Lipinski definition) is 2. The quantitative estimate of drug-likeness (QED) is 0.549. The molecule has 1 amide bonds. The smallest absolute Gasteiger partial charge is 0.279 e. The Morgan fingerprint density at radius 1 is 1.21 bits per heavy atom. The zero-order valence-electron chi connectivity index (χ0n) is 15.7. The van der Waals surface area contributed by atoms with Crippen molar-refractivity contribution in [2.45, 2.75) is 30.4 Å². The summed E-state index contributed by atoms with van der Waals surface area (Å²) in [6, 6.07) is 7.73. The maximum Gasteiger partial charge on any atom is 0.279 e. The van der Waals surface area contributed by atoms with Crippen molar-refractivity contribution in [1.82, 2.24) is 9.53 Å². The first-order chi connectivity index (χ1) is 13.4. The van der Waals surface area contributed by atoms with Crippen LogP contribution in [0.3, 0.4) is 0 Å². The summed E-state index contributed by atoms with van der Waals surface area (Å²) in [7, 11) is -2.16. The van der Waals surface area contributed by atoms with Crippen molar-refractivity contribution in [3.63, 3.8) is 0 Å². The van der Waals surface area contributed by atoms with Crippen LogP contribution in [0.5, 0.6) is 5.75 Å². The predicted octanol–water partition coefficient (Wildman–Crippen LogP) is 1.22. The van der Waals surface area contributed by atoms with Crippen LogP contribution in [0.2, 0.25) is 0 Å². The number of carbonyl (C=O) groups excluding carboxylic acids is 1. The van der Waals surface area contributed by atoms with Crippen molar-refractivity contribution >= 4 is 15.9 Å². The van der Waals surface area contributed by atoms with E-state index in [4.69, 9.17) is 19.9 Å². The molecule has 10 heteroatoms. The third kappa shape index (κ3) is 4.15. The third-order valence-corrected chi connectivity index (χ3v) is 8.00. The number of para-hydroxylation sites is 1. The minimum absolute atomic E-state index is 0.138. The number of methoxy groups -OCH3 is 1. The van der Waals surface area contributed by atoms with Crippen LogP contribution in [0.25, 0.3) is 0 Å². The minimum atomic E-state index is -3.78. The summed E-state index contributed by atoms with van der Waals surface area (Å²) in [4.78, 5) is 12.0. The third-order valence-electron chi connectivity index (χ3n) is 5.58. The molecule has 0 spiro atoms. The van der Waals surface area contributed by atoms with E-state index in [1.54, 1.807) is 7.11 Å². The summed E-state index contributed by atoms with van der Waals surface area (Å²) in [5, 5.41) is 16.5. The average molecular weight is 414 g/mol. The number of hydroxylamine groups is 2. The Balaban J connectivity index is 1.72. The lowest BCUT2D eigenvalue weighted by Gasteiger charge is -2.37. The number of piperidine rings is 1. The van der Waals surface area contributed by atoms with Crippen molar-refractivity contribution in [3.8, 4) is 5.75 Å². The molecule has 1 aromatic rings. The normalized spacial score (nSPS) is 24.7. The Kier molecular flexibility index (Phi) is 6.56. The lowest BCUT2D eigenvalue weighted by atomic mass is 9.89. The van der Waals surface area contributed by atoms with Crippen LogP contribution in [0, 0.1) is 5.92 Å². The van der Waals surface area contributed by atoms with Gasteiger partial charge in [-0.15, -0.1) is 0 Å². The van der Waals surface area contributed by atoms with E-state index >= 15 is 0 Å². The maximum atomic E-state index is 13.2. The average Bonchev–Trinajstić information content (AvgIpc) is 2.73. The van der Waals surface area contributed by atoms with Crippen LogP contribution < -0.4 is 4.74 Å². The van der Waals surface area contributed by atoms with E-state index in [2.05, 4.69) is 0 Å². The fraction of sp³-hybridized carbons (Fsp3) is 0.611. The first kappa shape index (κ1) is 21.0. The molecule has 0 bridgehead atoms. The largest absolute Gasteiger partial charge is 0.496 e. The summed E-state index contributed by atoms with van der Waals surface area (Å²) in [5.74, 6) is -1.22. The number of benzene rings is 1. The Bertz CT molecular complexity index is 791. The SMILES string of the molecule is COc1ccccc1C1CCN(S(=O)(=O)C2CCOCC2C(=O)N(O)O)CC1. The fourth-order valence-electron chi connectivity index (χ4n) is 4.07. The second-order valence-electron chi connectivity index (χ2n) is 7.10. The molecule has 156 valence electrons. The number of nitrogens with zero attached hydrogens (tertiary/aromatic N) is 2. The predicted molar refractivity (Wildman–Crippen MR) is 98.6 cm³/mol. The van der Waals surface area contributed by atoms with Gasteiger partial charge >= 0.3 is 0 Å². The van der Waals surface area contributed by atoms with Gasteiger partial charge in [0, 0.05) is 19.7 Å². The zero-order chi connectivity index (χ0) is 20.3. The van der Waals surface area contributed by atoms with E-state index in [1.165, 1.54) is 4.31 Å². The monoisotopic (exact) mass is 414 g/mol. The second-order valence-corrected chi connectivity index (χ2v) is 9.25. The summed E-state index contributed by atoms with van der Waals surface area (Å²) in [6.45, 7) is 0.733. The standard InChI is InChI=1S/C18H26N2O7S/c1-26-16-5-3-2-4-14(16)13-6-9-19(10-7-13)28(24,25)17-8-11-27-12-15(17)18(21)20(22)23/h2-5,13,15,17,22-23H,6-12H2,1H3. The molecule has 0 aliphatic carbocycles. The number of amides is 1. The van der Waals surface area contributed by atoms with E-state index in [0.717, 1.165) is 11.3 Å². The van der Waals surface area contributed by atoms with Gasteiger partial charge in [0.25, 0.3) is 5.91 Å². The van der Waals surface area contributed by atoms with Crippen LogP contribution in [0.15, 0.2) is 24.3 Å². The molecule has 2 atom stereocenters. The summed E-state index contributed by atoms with van der Waals surface area (Å²) in [5.41, 5.74) is 1.07. The van der Waals surface area contributed by atoms with Gasteiger partial charge in [-0.3, -0.25) is 15.2 Å². The number of hydrogen-bond acceptors (Lipinski definition) is 7. The topological polar surface area (TPSA) is 117 Å². The van der Waals surface area contributed by atoms with Crippen LogP contribution in [-0.4, -0.2) is 72.9 Å². The Morgan fingerprint density at radius 3 is 2.54 bits per heavy atom. The Hall–Kier alpha value is -1.72. The Morgan fingerprint density at radius 2 is 1.89 bits per heavy atom. The van der Waals surface area contributed by atoms with Gasteiger partial charge in [0.15, 0.2) is 0 Å². The molecule has 2 aliphatic rings. The molecule has 2 saturated heterocycles. The molecular formula is C18H26N2O7S. The van der Waals surface area contributed by atoms with Gasteiger partial charge in [-0.05, 0) is 36.8 Å². The second kappa shape index (κ2) is 8.75. The lowest BCUT2D eigenvalue weighted by Crippen LogP contribution is -2.52. The molecule has 2 N–H and O–H groups in total. The van der Waals surface area contributed by atoms with Gasteiger partial charge in [0.05, 0.1) is 24.9 Å². The number of ether oxygens (including phenoxy) is 2. The van der Waals surface area contributed by atoms with Crippen molar-refractivity contribution in [2.24, 2.45) is 5.92 Å².